The third-order valence-corrected chi connectivity index (χ3v) is 2.45. The summed E-state index contributed by atoms with van der Waals surface area (Å²) in [6.07, 6.45) is 2.35. The van der Waals surface area contributed by atoms with Gasteiger partial charge in [-0.15, -0.1) is 6.42 Å². The number of rotatable bonds is 3. The normalized spacial score (nSPS) is 39.7. The Labute approximate surface area is 85.9 Å². The second kappa shape index (κ2) is 4.20. The molecule has 1 aliphatic heterocycles. The molecule has 0 amide bonds. The van der Waals surface area contributed by atoms with Crippen LogP contribution in [0.25, 0.3) is 0 Å². The summed E-state index contributed by atoms with van der Waals surface area (Å²) in [5.74, 6) is 2.00. The lowest BCUT2D eigenvalue weighted by molar-refractivity contribution is -0.226. The molecule has 0 aromatic heterocycles. The van der Waals surface area contributed by atoms with E-state index in [4.69, 9.17) is 21.2 Å². The summed E-state index contributed by atoms with van der Waals surface area (Å²) < 4.78 is 19.1. The van der Waals surface area contributed by atoms with Crippen LogP contribution in [0.5, 0.6) is 0 Å². The van der Waals surface area contributed by atoms with Crippen LogP contribution in [0.2, 0.25) is 0 Å². The second-order valence-corrected chi connectivity index (χ2v) is 4.30. The molecule has 86 valence electrons. The van der Waals surface area contributed by atoms with Crippen molar-refractivity contribution in [2.45, 2.75) is 24.4 Å². The van der Waals surface area contributed by atoms with Crippen LogP contribution >= 0.6 is 7.82 Å². The summed E-state index contributed by atoms with van der Waals surface area (Å²) in [5.41, 5.74) is -1.75. The van der Waals surface area contributed by atoms with Gasteiger partial charge in [-0.25, -0.2) is 0 Å². The summed E-state index contributed by atoms with van der Waals surface area (Å²) in [6, 6.07) is 0. The van der Waals surface area contributed by atoms with E-state index < -0.39 is 32.4 Å². The van der Waals surface area contributed by atoms with Gasteiger partial charge in [0.05, 0.1) is 6.61 Å². The predicted octanol–water partition coefficient (Wildman–Crippen LogP) is -2.06. The molecule has 1 heterocycles. The minimum absolute atomic E-state index is 0.151. The molecule has 0 bridgehead atoms. The van der Waals surface area contributed by atoms with Gasteiger partial charge in [-0.2, -0.15) is 0 Å². The van der Waals surface area contributed by atoms with Gasteiger partial charge < -0.3 is 29.3 Å². The number of hydrogen-bond donors (Lipinski definition) is 3. The fourth-order valence-electron chi connectivity index (χ4n) is 1.23. The molecular formula is C7H10O7P-. The van der Waals surface area contributed by atoms with Gasteiger partial charge in [0.2, 0.25) is 0 Å². The van der Waals surface area contributed by atoms with Gasteiger partial charge >= 0.3 is 0 Å². The molecule has 15 heavy (non-hydrogen) atoms. The average molecular weight is 237 g/mol. The van der Waals surface area contributed by atoms with Crippen LogP contribution in [-0.4, -0.2) is 39.7 Å². The van der Waals surface area contributed by atoms with Gasteiger partial charge in [0.1, 0.15) is 6.10 Å². The Morgan fingerprint density at radius 3 is 2.67 bits per heavy atom. The highest BCUT2D eigenvalue weighted by Gasteiger charge is 2.47. The maximum atomic E-state index is 10.3. The fraction of sp³-hybridized carbons (Fsp3) is 0.714. The fourth-order valence-corrected chi connectivity index (χ4v) is 1.59. The van der Waals surface area contributed by atoms with Gasteiger partial charge in [0.15, 0.2) is 11.9 Å². The van der Waals surface area contributed by atoms with Crippen molar-refractivity contribution in [3.05, 3.63) is 0 Å². The highest BCUT2D eigenvalue weighted by atomic mass is 31.2. The van der Waals surface area contributed by atoms with Gasteiger partial charge in [-0.1, -0.05) is 5.92 Å². The number of ether oxygens (including phenoxy) is 1. The summed E-state index contributed by atoms with van der Waals surface area (Å²) >= 11 is 0. The molecule has 0 aromatic rings. The van der Waals surface area contributed by atoms with E-state index in [-0.39, 0.29) is 6.42 Å². The van der Waals surface area contributed by atoms with Crippen LogP contribution in [0.4, 0.5) is 0 Å². The molecule has 1 rings (SSSR count). The first-order valence-corrected chi connectivity index (χ1v) is 5.49. The largest absolute Gasteiger partial charge is 0.756 e. The zero-order valence-electron chi connectivity index (χ0n) is 7.57. The Morgan fingerprint density at radius 2 is 2.33 bits per heavy atom. The summed E-state index contributed by atoms with van der Waals surface area (Å²) in [4.78, 5) is 18.7. The van der Waals surface area contributed by atoms with Crippen LogP contribution in [0.3, 0.4) is 0 Å². The molecular weight excluding hydrogens is 227 g/mol. The number of terminal acetylenes is 1. The molecule has 0 spiro atoms. The van der Waals surface area contributed by atoms with Crippen LogP contribution in [0, 0.1) is 12.3 Å². The Bertz CT molecular complexity index is 318. The topological polar surface area (TPSA) is 119 Å². The molecule has 1 aliphatic rings. The van der Waals surface area contributed by atoms with Crippen LogP contribution in [0.1, 0.15) is 6.42 Å². The highest BCUT2D eigenvalue weighted by molar-refractivity contribution is 7.44. The lowest BCUT2D eigenvalue weighted by atomic mass is 9.99. The van der Waals surface area contributed by atoms with E-state index in [0.717, 1.165) is 0 Å². The zero-order chi connectivity index (χ0) is 11.7. The van der Waals surface area contributed by atoms with Crippen LogP contribution < -0.4 is 4.89 Å². The standard InChI is InChI=1S/C7H11O7P/c1-2-7(4-13-15(10,11)12)5(8)3-6(9)14-7/h1,5-6,8-9H,3-4H2,(H2,10,11,12)/p-1/t5-,6?,7+/m0/s1. The first-order valence-electron chi connectivity index (χ1n) is 3.99. The molecule has 3 N–H and O–H groups in total. The van der Waals surface area contributed by atoms with Gasteiger partial charge in [0, 0.05) is 6.42 Å². The van der Waals surface area contributed by atoms with Crippen molar-refractivity contribution >= 4 is 7.82 Å². The lowest BCUT2D eigenvalue weighted by Gasteiger charge is -2.27. The van der Waals surface area contributed by atoms with E-state index in [9.17, 15) is 14.6 Å². The first kappa shape index (κ1) is 12.6. The first-order chi connectivity index (χ1) is 6.79. The Kier molecular flexibility index (Phi) is 3.53. The highest BCUT2D eigenvalue weighted by Crippen LogP contribution is 2.36. The van der Waals surface area contributed by atoms with Crippen molar-refractivity contribution in [2.24, 2.45) is 0 Å². The lowest BCUT2D eigenvalue weighted by Crippen LogP contribution is -2.42. The third kappa shape index (κ3) is 3.00. The number of aliphatic hydroxyl groups is 2. The molecule has 4 atom stereocenters. The van der Waals surface area contributed by atoms with Gasteiger partial charge in [0.25, 0.3) is 7.82 Å². The molecule has 0 radical (unpaired) electrons. The minimum Gasteiger partial charge on any atom is -0.756 e. The molecule has 7 nitrogen and oxygen atoms in total. The summed E-state index contributed by atoms with van der Waals surface area (Å²) in [5, 5.41) is 18.5. The zero-order valence-corrected chi connectivity index (χ0v) is 8.46. The molecule has 1 fully saturated rings. The monoisotopic (exact) mass is 237 g/mol. The smallest absolute Gasteiger partial charge is 0.265 e. The van der Waals surface area contributed by atoms with Crippen molar-refractivity contribution in [1.29, 1.82) is 0 Å². The maximum Gasteiger partial charge on any atom is 0.265 e. The van der Waals surface area contributed by atoms with E-state index in [1.54, 1.807) is 0 Å². The number of aliphatic hydroxyl groups excluding tert-OH is 2. The van der Waals surface area contributed by atoms with E-state index >= 15 is 0 Å². The molecule has 1 saturated heterocycles. The SMILES string of the molecule is C#C[C@]1(COP(=O)([O-])O)OC(O)C[C@@H]1O. The molecule has 0 aliphatic carbocycles. The maximum absolute atomic E-state index is 10.3. The van der Waals surface area contributed by atoms with Crippen molar-refractivity contribution in [1.82, 2.24) is 0 Å². The summed E-state index contributed by atoms with van der Waals surface area (Å²) in [7, 11) is -4.94. The van der Waals surface area contributed by atoms with E-state index in [1.807, 2.05) is 5.92 Å². The van der Waals surface area contributed by atoms with Crippen LogP contribution in [0.15, 0.2) is 0 Å². The average Bonchev–Trinajstić information content (AvgIpc) is 2.37. The van der Waals surface area contributed by atoms with Crippen molar-refractivity contribution < 1.29 is 33.8 Å². The van der Waals surface area contributed by atoms with E-state index in [0.29, 0.717) is 0 Å². The Hall–Kier alpha value is -0.450. The number of hydrogen-bond acceptors (Lipinski definition) is 6. The van der Waals surface area contributed by atoms with Crippen molar-refractivity contribution in [2.75, 3.05) is 6.61 Å². The third-order valence-electron chi connectivity index (χ3n) is 2.00. The predicted molar refractivity (Wildman–Crippen MR) is 45.1 cm³/mol. The van der Waals surface area contributed by atoms with Crippen LogP contribution in [-0.2, 0) is 13.8 Å². The quantitative estimate of drug-likeness (QED) is 0.381. The molecule has 8 heteroatoms. The van der Waals surface area contributed by atoms with Gasteiger partial charge in [-0.05, 0) is 0 Å². The van der Waals surface area contributed by atoms with E-state index in [1.165, 1.54) is 0 Å². The van der Waals surface area contributed by atoms with Crippen molar-refractivity contribution in [3.8, 4) is 12.3 Å². The number of phosphoric acid groups is 1. The Balaban J connectivity index is 2.71. The second-order valence-electron chi connectivity index (χ2n) is 3.10. The summed E-state index contributed by atoms with van der Waals surface area (Å²) in [6.45, 7) is -0.751. The van der Waals surface area contributed by atoms with Gasteiger partial charge in [-0.3, -0.25) is 4.57 Å². The number of phosphoric ester groups is 1. The molecule has 0 saturated carbocycles. The molecule has 2 unspecified atom stereocenters. The minimum atomic E-state index is -4.94. The molecule has 0 aromatic carbocycles. The van der Waals surface area contributed by atoms with Crippen molar-refractivity contribution in [3.63, 3.8) is 0 Å². The Morgan fingerprint density at radius 1 is 1.73 bits per heavy atom. The van der Waals surface area contributed by atoms with E-state index in [2.05, 4.69) is 4.52 Å².